The van der Waals surface area contributed by atoms with Crippen molar-refractivity contribution in [2.24, 2.45) is 0 Å². The van der Waals surface area contributed by atoms with Crippen LogP contribution in [-0.2, 0) is 6.61 Å². The van der Waals surface area contributed by atoms with E-state index in [0.717, 1.165) is 27.8 Å². The molecule has 0 unspecified atom stereocenters. The number of benzene rings is 5. The zero-order valence-corrected chi connectivity index (χ0v) is 21.7. The first-order valence-corrected chi connectivity index (χ1v) is 12.5. The van der Waals surface area contributed by atoms with E-state index in [0.29, 0.717) is 28.4 Å². The third-order valence-electron chi connectivity index (χ3n) is 6.52. The molecule has 0 spiro atoms. The quantitative estimate of drug-likeness (QED) is 0.146. The Balaban J connectivity index is 1.82. The van der Waals surface area contributed by atoms with Gasteiger partial charge in [-0.1, -0.05) is 84.9 Å². The van der Waals surface area contributed by atoms with Gasteiger partial charge in [-0.05, 0) is 46.0 Å². The normalized spacial score (nSPS) is 10.6. The molecule has 0 aliphatic heterocycles. The van der Waals surface area contributed by atoms with E-state index in [1.54, 1.807) is 26.4 Å². The summed E-state index contributed by atoms with van der Waals surface area (Å²) in [6.45, 7) is 0.282. The highest BCUT2D eigenvalue weighted by Crippen LogP contribution is 2.49. The summed E-state index contributed by atoms with van der Waals surface area (Å²) in [5, 5.41) is 12.4. The van der Waals surface area contributed by atoms with Gasteiger partial charge in [-0.15, -0.1) is 0 Å². The van der Waals surface area contributed by atoms with Gasteiger partial charge in [-0.2, -0.15) is 0 Å². The Hall–Kier alpha value is -5.10. The van der Waals surface area contributed by atoms with Crippen molar-refractivity contribution in [3.8, 4) is 50.6 Å². The lowest BCUT2D eigenvalue weighted by Crippen LogP contribution is -2.02. The minimum absolute atomic E-state index is 0.0131. The van der Waals surface area contributed by atoms with Gasteiger partial charge in [0.2, 0.25) is 0 Å². The fourth-order valence-corrected chi connectivity index (χ4v) is 4.63. The van der Waals surface area contributed by atoms with Gasteiger partial charge in [0.1, 0.15) is 23.9 Å². The van der Waals surface area contributed by atoms with E-state index in [1.165, 1.54) is 6.07 Å². The summed E-state index contributed by atoms with van der Waals surface area (Å²) in [5.74, 6) is 1.77. The van der Waals surface area contributed by atoms with Crippen LogP contribution >= 0.6 is 0 Å². The van der Waals surface area contributed by atoms with Crippen molar-refractivity contribution in [1.82, 2.24) is 0 Å². The molecule has 0 radical (unpaired) electrons. The highest BCUT2D eigenvalue weighted by atomic mass is 16.6. The molecule has 0 heterocycles. The number of nitrogens with zero attached hydrogens (tertiary/aromatic N) is 1. The molecule has 0 amide bonds. The number of hydrogen-bond acceptors (Lipinski definition) is 5. The van der Waals surface area contributed by atoms with Crippen molar-refractivity contribution < 1.29 is 19.1 Å². The maximum atomic E-state index is 12.4. The number of methoxy groups -OCH3 is 2. The van der Waals surface area contributed by atoms with Gasteiger partial charge in [-0.25, -0.2) is 0 Å². The van der Waals surface area contributed by atoms with Crippen LogP contribution in [0.5, 0.6) is 17.2 Å². The largest absolute Gasteiger partial charge is 0.497 e. The molecule has 5 aromatic rings. The second-order valence-electron chi connectivity index (χ2n) is 8.87. The predicted molar refractivity (Wildman–Crippen MR) is 153 cm³/mol. The summed E-state index contributed by atoms with van der Waals surface area (Å²) in [6, 6.07) is 35.9. The van der Waals surface area contributed by atoms with Crippen molar-refractivity contribution in [2.75, 3.05) is 14.2 Å². The van der Waals surface area contributed by atoms with E-state index in [2.05, 4.69) is 0 Å². The van der Waals surface area contributed by atoms with E-state index in [4.69, 9.17) is 14.2 Å². The van der Waals surface area contributed by atoms with Crippen LogP contribution in [0.4, 0.5) is 5.69 Å². The maximum absolute atomic E-state index is 12.4. The monoisotopic (exact) mass is 517 g/mol. The Morgan fingerprint density at radius 1 is 0.641 bits per heavy atom. The number of nitro benzene ring substituents is 1. The third kappa shape index (κ3) is 5.45. The van der Waals surface area contributed by atoms with Crippen LogP contribution in [0.1, 0.15) is 5.56 Å². The lowest BCUT2D eigenvalue weighted by atomic mass is 9.87. The Morgan fingerprint density at radius 3 is 1.92 bits per heavy atom. The highest BCUT2D eigenvalue weighted by Gasteiger charge is 2.27. The molecule has 0 N–H and O–H groups in total. The number of rotatable bonds is 9. The summed E-state index contributed by atoms with van der Waals surface area (Å²) >= 11 is 0. The van der Waals surface area contributed by atoms with Crippen molar-refractivity contribution in [3.05, 3.63) is 131 Å². The second-order valence-corrected chi connectivity index (χ2v) is 8.87. The molecular weight excluding hydrogens is 490 g/mol. The van der Waals surface area contributed by atoms with Crippen LogP contribution < -0.4 is 14.2 Å². The molecule has 0 aromatic heterocycles. The molecule has 0 fully saturated rings. The van der Waals surface area contributed by atoms with Crippen molar-refractivity contribution >= 4 is 5.69 Å². The van der Waals surface area contributed by atoms with E-state index in [9.17, 15) is 10.1 Å². The topological polar surface area (TPSA) is 70.8 Å². The summed E-state index contributed by atoms with van der Waals surface area (Å²) in [6.07, 6.45) is 0. The van der Waals surface area contributed by atoms with Gasteiger partial charge in [-0.3, -0.25) is 10.1 Å². The molecule has 5 aromatic carbocycles. The molecule has 6 nitrogen and oxygen atoms in total. The van der Waals surface area contributed by atoms with Crippen molar-refractivity contribution in [1.29, 1.82) is 0 Å². The third-order valence-corrected chi connectivity index (χ3v) is 6.52. The van der Waals surface area contributed by atoms with E-state index >= 15 is 0 Å². The van der Waals surface area contributed by atoms with Crippen LogP contribution in [0.2, 0.25) is 0 Å². The van der Waals surface area contributed by atoms with E-state index in [1.807, 2.05) is 97.1 Å². The molecule has 0 aliphatic carbocycles. The fraction of sp³-hybridized carbons (Fsp3) is 0.0909. The minimum atomic E-state index is -0.342. The molecule has 0 saturated carbocycles. The van der Waals surface area contributed by atoms with Crippen LogP contribution in [-0.4, -0.2) is 19.1 Å². The van der Waals surface area contributed by atoms with Gasteiger partial charge in [0.15, 0.2) is 0 Å². The second kappa shape index (κ2) is 11.5. The van der Waals surface area contributed by atoms with Gasteiger partial charge in [0.25, 0.3) is 5.69 Å². The molecule has 194 valence electrons. The predicted octanol–water partition coefficient (Wildman–Crippen LogP) is 8.19. The van der Waals surface area contributed by atoms with Crippen molar-refractivity contribution in [3.63, 3.8) is 0 Å². The Labute approximate surface area is 227 Å². The van der Waals surface area contributed by atoms with Gasteiger partial charge >= 0.3 is 0 Å². The molecule has 5 rings (SSSR count). The Morgan fingerprint density at radius 2 is 1.28 bits per heavy atom. The summed E-state index contributed by atoms with van der Waals surface area (Å²) in [5.41, 5.74) is 5.23. The Kier molecular flexibility index (Phi) is 7.55. The molecule has 0 aliphatic rings. The van der Waals surface area contributed by atoms with E-state index in [-0.39, 0.29) is 17.2 Å². The van der Waals surface area contributed by atoms with Gasteiger partial charge < -0.3 is 14.2 Å². The average Bonchev–Trinajstić information content (AvgIpc) is 3.00. The van der Waals surface area contributed by atoms with Crippen LogP contribution in [0.25, 0.3) is 33.4 Å². The van der Waals surface area contributed by atoms with Gasteiger partial charge in [0.05, 0.1) is 24.7 Å². The first-order valence-electron chi connectivity index (χ1n) is 12.5. The molecule has 6 heteroatoms. The van der Waals surface area contributed by atoms with Crippen LogP contribution in [0, 0.1) is 10.1 Å². The smallest absolute Gasteiger partial charge is 0.277 e. The fourth-order valence-electron chi connectivity index (χ4n) is 4.63. The Bertz CT molecular complexity index is 1580. The SMILES string of the molecule is COc1ccc(-c2cc(OC)cc(OCc3ccccc3)c2-c2c(-c3ccccc3)cccc2[N+](=O)[O-])cc1. The standard InChI is InChI=1S/C33H27NO5/c1-37-26-18-16-25(17-19-26)29-20-27(38-2)21-31(39-22-23-10-5-3-6-11-23)33(29)32-28(24-12-7-4-8-13-24)14-9-15-30(32)34(35)36/h3-21H,22H2,1-2H3. The van der Waals surface area contributed by atoms with E-state index < -0.39 is 0 Å². The highest BCUT2D eigenvalue weighted by molar-refractivity contribution is 5.99. The van der Waals surface area contributed by atoms with Crippen LogP contribution in [0.15, 0.2) is 115 Å². The summed E-state index contributed by atoms with van der Waals surface area (Å²) < 4.78 is 17.4. The summed E-state index contributed by atoms with van der Waals surface area (Å²) in [7, 11) is 3.20. The summed E-state index contributed by atoms with van der Waals surface area (Å²) in [4.78, 5) is 12.1. The number of nitro groups is 1. The number of hydrogen-bond donors (Lipinski definition) is 0. The molecule has 0 atom stereocenters. The van der Waals surface area contributed by atoms with Crippen molar-refractivity contribution in [2.45, 2.75) is 6.61 Å². The lowest BCUT2D eigenvalue weighted by Gasteiger charge is -2.20. The average molecular weight is 518 g/mol. The zero-order chi connectivity index (χ0) is 27.2. The van der Waals surface area contributed by atoms with Gasteiger partial charge in [0, 0.05) is 17.7 Å². The first kappa shape index (κ1) is 25.5. The minimum Gasteiger partial charge on any atom is -0.497 e. The maximum Gasteiger partial charge on any atom is 0.277 e. The lowest BCUT2D eigenvalue weighted by molar-refractivity contribution is -0.384. The molecular formula is C33H27NO5. The van der Waals surface area contributed by atoms with Crippen LogP contribution in [0.3, 0.4) is 0 Å². The zero-order valence-electron chi connectivity index (χ0n) is 21.7. The molecule has 39 heavy (non-hydrogen) atoms. The first-order chi connectivity index (χ1) is 19.1. The molecule has 0 saturated heterocycles. The molecule has 0 bridgehead atoms. The number of ether oxygens (including phenoxy) is 3.